The molecule has 0 aliphatic rings. The van der Waals surface area contributed by atoms with Crippen molar-refractivity contribution in [3.05, 3.63) is 12.2 Å². The van der Waals surface area contributed by atoms with Gasteiger partial charge in [0.1, 0.15) is 5.78 Å². The van der Waals surface area contributed by atoms with Crippen LogP contribution in [0.3, 0.4) is 0 Å². The summed E-state index contributed by atoms with van der Waals surface area (Å²) in [5.41, 5.74) is 0.964. The second-order valence-electron chi connectivity index (χ2n) is 2.42. The number of ketones is 1. The van der Waals surface area contributed by atoms with Gasteiger partial charge in [0.15, 0.2) is 0 Å². The highest BCUT2D eigenvalue weighted by atomic mass is 32.2. The number of carbonyl (C=O) groups is 1. The van der Waals surface area contributed by atoms with Crippen molar-refractivity contribution in [2.24, 2.45) is 0 Å². The Kier molecular flexibility index (Phi) is 5.40. The zero-order valence-electron chi connectivity index (χ0n) is 6.64. The van der Waals surface area contributed by atoms with Gasteiger partial charge in [0.05, 0.1) is 0 Å². The fourth-order valence-corrected chi connectivity index (χ4v) is 1.07. The molecule has 0 aromatic heterocycles. The molecule has 0 N–H and O–H groups in total. The highest BCUT2D eigenvalue weighted by Crippen LogP contribution is 2.03. The van der Waals surface area contributed by atoms with Gasteiger partial charge in [-0.2, -0.15) is 11.8 Å². The van der Waals surface area contributed by atoms with Crippen molar-refractivity contribution in [3.63, 3.8) is 0 Å². The lowest BCUT2D eigenvalue weighted by Gasteiger charge is -1.96. The highest BCUT2D eigenvalue weighted by Gasteiger charge is 1.99. The standard InChI is InChI=1S/C8H14OS/c1-7(2)6-8(9)4-5-10-3/h1,4-6H2,2-3H3. The maximum atomic E-state index is 10.9. The van der Waals surface area contributed by atoms with Crippen molar-refractivity contribution >= 4 is 17.5 Å². The summed E-state index contributed by atoms with van der Waals surface area (Å²) < 4.78 is 0. The van der Waals surface area contributed by atoms with Gasteiger partial charge in [0.25, 0.3) is 0 Å². The molecule has 0 saturated carbocycles. The molecule has 0 radical (unpaired) electrons. The van der Waals surface area contributed by atoms with Gasteiger partial charge in [-0.1, -0.05) is 12.2 Å². The molecule has 0 amide bonds. The normalized spacial score (nSPS) is 9.40. The van der Waals surface area contributed by atoms with Crippen LogP contribution in [-0.2, 0) is 4.79 Å². The van der Waals surface area contributed by atoms with Crippen molar-refractivity contribution in [3.8, 4) is 0 Å². The maximum Gasteiger partial charge on any atom is 0.137 e. The second kappa shape index (κ2) is 5.54. The van der Waals surface area contributed by atoms with E-state index in [9.17, 15) is 4.79 Å². The SMILES string of the molecule is C=C(C)CC(=O)CCSC. The molecule has 0 unspecified atom stereocenters. The molecule has 0 aliphatic heterocycles. The van der Waals surface area contributed by atoms with Gasteiger partial charge in [-0.15, -0.1) is 0 Å². The van der Waals surface area contributed by atoms with Gasteiger partial charge >= 0.3 is 0 Å². The lowest BCUT2D eigenvalue weighted by Crippen LogP contribution is -1.98. The zero-order chi connectivity index (χ0) is 7.98. The summed E-state index contributed by atoms with van der Waals surface area (Å²) >= 11 is 1.71. The fourth-order valence-electron chi connectivity index (χ4n) is 0.641. The molecule has 0 bridgehead atoms. The molecular formula is C8H14OS. The van der Waals surface area contributed by atoms with Gasteiger partial charge < -0.3 is 0 Å². The summed E-state index contributed by atoms with van der Waals surface area (Å²) in [5.74, 6) is 1.24. The van der Waals surface area contributed by atoms with Gasteiger partial charge in [-0.3, -0.25) is 4.79 Å². The van der Waals surface area contributed by atoms with Gasteiger partial charge in [-0.05, 0) is 18.9 Å². The van der Waals surface area contributed by atoms with E-state index in [1.807, 2.05) is 13.2 Å². The fraction of sp³-hybridized carbons (Fsp3) is 0.625. The van der Waals surface area contributed by atoms with Crippen LogP contribution in [-0.4, -0.2) is 17.8 Å². The Hall–Kier alpha value is -0.240. The van der Waals surface area contributed by atoms with E-state index in [4.69, 9.17) is 0 Å². The molecule has 0 heterocycles. The van der Waals surface area contributed by atoms with E-state index in [1.54, 1.807) is 11.8 Å². The first-order valence-electron chi connectivity index (χ1n) is 3.32. The Bertz CT molecular complexity index is 129. The number of thioether (sulfide) groups is 1. The molecule has 10 heavy (non-hydrogen) atoms. The lowest BCUT2D eigenvalue weighted by molar-refractivity contribution is -0.118. The van der Waals surface area contributed by atoms with E-state index in [2.05, 4.69) is 6.58 Å². The molecule has 2 heteroatoms. The van der Waals surface area contributed by atoms with Crippen molar-refractivity contribution in [1.29, 1.82) is 0 Å². The Morgan fingerprint density at radius 1 is 1.60 bits per heavy atom. The van der Waals surface area contributed by atoms with E-state index in [0.29, 0.717) is 18.6 Å². The Morgan fingerprint density at radius 2 is 2.20 bits per heavy atom. The zero-order valence-corrected chi connectivity index (χ0v) is 7.46. The molecule has 0 fully saturated rings. The molecule has 0 aliphatic carbocycles. The average molecular weight is 158 g/mol. The van der Waals surface area contributed by atoms with Crippen LogP contribution >= 0.6 is 11.8 Å². The quantitative estimate of drug-likeness (QED) is 0.571. The molecule has 1 nitrogen and oxygen atoms in total. The number of hydrogen-bond acceptors (Lipinski definition) is 2. The smallest absolute Gasteiger partial charge is 0.137 e. The van der Waals surface area contributed by atoms with Crippen LogP contribution in [0.1, 0.15) is 19.8 Å². The second-order valence-corrected chi connectivity index (χ2v) is 3.40. The van der Waals surface area contributed by atoms with Crippen molar-refractivity contribution in [2.45, 2.75) is 19.8 Å². The minimum Gasteiger partial charge on any atom is -0.299 e. The number of Topliss-reactive ketones (excluding diaryl/α,β-unsaturated/α-hetero) is 1. The first-order valence-corrected chi connectivity index (χ1v) is 4.71. The molecule has 0 saturated heterocycles. The lowest BCUT2D eigenvalue weighted by atomic mass is 10.1. The summed E-state index contributed by atoms with van der Waals surface area (Å²) in [6.45, 7) is 5.56. The molecule has 0 aromatic carbocycles. The molecule has 0 aromatic rings. The first-order chi connectivity index (χ1) is 4.66. The number of hydrogen-bond donors (Lipinski definition) is 0. The molecule has 58 valence electrons. The van der Waals surface area contributed by atoms with Crippen LogP contribution in [0.25, 0.3) is 0 Å². The Labute approximate surface area is 66.9 Å². The molecule has 0 atom stereocenters. The predicted octanol–water partition coefficient (Wildman–Crippen LogP) is 2.27. The van der Waals surface area contributed by atoms with Crippen LogP contribution in [0.15, 0.2) is 12.2 Å². The summed E-state index contributed by atoms with van der Waals surface area (Å²) in [6, 6.07) is 0. The minimum absolute atomic E-state index is 0.307. The van der Waals surface area contributed by atoms with Crippen LogP contribution in [0.2, 0.25) is 0 Å². The number of rotatable bonds is 5. The monoisotopic (exact) mass is 158 g/mol. The third-order valence-electron chi connectivity index (χ3n) is 1.08. The van der Waals surface area contributed by atoms with Crippen molar-refractivity contribution < 1.29 is 4.79 Å². The average Bonchev–Trinajstić information content (AvgIpc) is 1.82. The third kappa shape index (κ3) is 5.89. The van der Waals surface area contributed by atoms with Crippen LogP contribution < -0.4 is 0 Å². The van der Waals surface area contributed by atoms with Crippen molar-refractivity contribution in [1.82, 2.24) is 0 Å². The van der Waals surface area contributed by atoms with E-state index in [-0.39, 0.29) is 0 Å². The summed E-state index contributed by atoms with van der Waals surface area (Å²) in [4.78, 5) is 10.9. The molecule has 0 rings (SSSR count). The van der Waals surface area contributed by atoms with Crippen LogP contribution in [0, 0.1) is 0 Å². The maximum absolute atomic E-state index is 10.9. The van der Waals surface area contributed by atoms with E-state index < -0.39 is 0 Å². The van der Waals surface area contributed by atoms with Crippen molar-refractivity contribution in [2.75, 3.05) is 12.0 Å². The van der Waals surface area contributed by atoms with Crippen LogP contribution in [0.5, 0.6) is 0 Å². The Balaban J connectivity index is 3.35. The van der Waals surface area contributed by atoms with Gasteiger partial charge in [0.2, 0.25) is 0 Å². The van der Waals surface area contributed by atoms with Gasteiger partial charge in [0, 0.05) is 12.8 Å². The van der Waals surface area contributed by atoms with Crippen LogP contribution in [0.4, 0.5) is 0 Å². The third-order valence-corrected chi connectivity index (χ3v) is 1.70. The summed E-state index contributed by atoms with van der Waals surface area (Å²) in [7, 11) is 0. The first kappa shape index (κ1) is 9.76. The Morgan fingerprint density at radius 3 is 2.60 bits per heavy atom. The largest absolute Gasteiger partial charge is 0.299 e. The molecular weight excluding hydrogens is 144 g/mol. The van der Waals surface area contributed by atoms with E-state index in [0.717, 1.165) is 11.3 Å². The predicted molar refractivity (Wildman–Crippen MR) is 47.4 cm³/mol. The molecule has 0 spiro atoms. The van der Waals surface area contributed by atoms with E-state index in [1.165, 1.54) is 0 Å². The number of carbonyl (C=O) groups excluding carboxylic acids is 1. The summed E-state index contributed by atoms with van der Waals surface area (Å²) in [5, 5.41) is 0. The summed E-state index contributed by atoms with van der Waals surface area (Å²) in [6.07, 6.45) is 3.25. The highest BCUT2D eigenvalue weighted by molar-refractivity contribution is 7.98. The minimum atomic E-state index is 0.307. The topological polar surface area (TPSA) is 17.1 Å². The van der Waals surface area contributed by atoms with E-state index >= 15 is 0 Å². The number of allylic oxidation sites excluding steroid dienone is 1. The van der Waals surface area contributed by atoms with Gasteiger partial charge in [-0.25, -0.2) is 0 Å².